The molecule has 5 rings (SSSR count). The summed E-state index contributed by atoms with van der Waals surface area (Å²) in [5.74, 6) is 0. The van der Waals surface area contributed by atoms with Gasteiger partial charge >= 0.3 is 0 Å². The zero-order valence-corrected chi connectivity index (χ0v) is 22.8. The van der Waals surface area contributed by atoms with E-state index in [1.165, 1.54) is 29.4 Å². The number of allylic oxidation sites excluding steroid dienone is 3. The van der Waals surface area contributed by atoms with Crippen LogP contribution in [0.5, 0.6) is 0 Å². The van der Waals surface area contributed by atoms with Crippen LogP contribution in [0.25, 0.3) is 0 Å². The van der Waals surface area contributed by atoms with Crippen molar-refractivity contribution in [2.45, 2.75) is 39.9 Å². The number of nitrogens with two attached hydrogens (primary N) is 2. The second kappa shape index (κ2) is 11.6. The molecule has 0 saturated carbocycles. The molecule has 0 amide bonds. The summed E-state index contributed by atoms with van der Waals surface area (Å²) in [5, 5.41) is 0. The summed E-state index contributed by atoms with van der Waals surface area (Å²) in [6, 6.07) is 33.7. The van der Waals surface area contributed by atoms with Gasteiger partial charge in [0.05, 0.1) is 4.08 Å². The monoisotopic (exact) mass is 542 g/mol. The molecule has 6 heteroatoms. The molecule has 0 atom stereocenters. The molecule has 0 spiro atoms. The lowest BCUT2D eigenvalue weighted by atomic mass is 10.2. The fourth-order valence-corrected chi connectivity index (χ4v) is 8.02. The third-order valence-corrected chi connectivity index (χ3v) is 10.3. The number of hydrogen-bond donors (Lipinski definition) is 2. The lowest BCUT2D eigenvalue weighted by Crippen LogP contribution is -2.17. The summed E-state index contributed by atoms with van der Waals surface area (Å²) in [7, 11) is 0. The Morgan fingerprint density at radius 2 is 0.833 bits per heavy atom. The lowest BCUT2D eigenvalue weighted by Gasteiger charge is -2.30. The largest absolute Gasteiger partial charge is 0.399 e. The highest BCUT2D eigenvalue weighted by molar-refractivity contribution is 8.18. The van der Waals surface area contributed by atoms with Gasteiger partial charge in [0.25, 0.3) is 0 Å². The van der Waals surface area contributed by atoms with E-state index in [2.05, 4.69) is 97.1 Å². The van der Waals surface area contributed by atoms with E-state index in [4.69, 9.17) is 11.5 Å². The molecule has 4 aromatic carbocycles. The van der Waals surface area contributed by atoms with Crippen LogP contribution >= 0.6 is 47.0 Å². The number of benzene rings is 4. The highest BCUT2D eigenvalue weighted by Gasteiger charge is 2.30. The molecule has 0 aliphatic heterocycles. The average Bonchev–Trinajstić information content (AvgIpc) is 2.90. The van der Waals surface area contributed by atoms with E-state index >= 15 is 0 Å². The number of nitrogen functional groups attached to an aromatic ring is 2. The molecule has 4 N–H and O–H groups in total. The van der Waals surface area contributed by atoms with Crippen molar-refractivity contribution in [3.8, 4) is 0 Å². The summed E-state index contributed by atoms with van der Waals surface area (Å²) in [4.78, 5) is 7.35. The van der Waals surface area contributed by atoms with Crippen LogP contribution in [0.15, 0.2) is 151 Å². The van der Waals surface area contributed by atoms with E-state index in [0.717, 1.165) is 17.8 Å². The third kappa shape index (κ3) is 6.77. The van der Waals surface area contributed by atoms with Crippen molar-refractivity contribution in [1.29, 1.82) is 0 Å². The Balaban J connectivity index is 1.26. The first-order valence-corrected chi connectivity index (χ1v) is 14.8. The van der Waals surface area contributed by atoms with E-state index in [0.29, 0.717) is 0 Å². The van der Waals surface area contributed by atoms with E-state index in [1.54, 1.807) is 23.5 Å². The van der Waals surface area contributed by atoms with E-state index in [9.17, 15) is 0 Å². The van der Waals surface area contributed by atoms with Gasteiger partial charge in [-0.2, -0.15) is 0 Å². The first kappa shape index (κ1) is 25.0. The molecular formula is C30H26N2S4. The van der Waals surface area contributed by atoms with Gasteiger partial charge in [-0.25, -0.2) is 0 Å². The van der Waals surface area contributed by atoms with Crippen molar-refractivity contribution in [2.24, 2.45) is 0 Å². The van der Waals surface area contributed by atoms with Crippen molar-refractivity contribution in [3.63, 3.8) is 0 Å². The minimum absolute atomic E-state index is 0.0774. The first-order valence-electron chi connectivity index (χ1n) is 11.5. The molecule has 2 nitrogen and oxygen atoms in total. The van der Waals surface area contributed by atoms with Gasteiger partial charge in [0.2, 0.25) is 0 Å². The summed E-state index contributed by atoms with van der Waals surface area (Å²) in [6.07, 6.45) is 9.87. The fourth-order valence-electron chi connectivity index (χ4n) is 3.65. The Kier molecular flexibility index (Phi) is 8.07. The summed E-state index contributed by atoms with van der Waals surface area (Å²) >= 11 is 7.33. The molecule has 0 heterocycles. The number of thioether (sulfide) groups is 2. The van der Waals surface area contributed by atoms with Crippen LogP contribution in [0, 0.1) is 0 Å². The van der Waals surface area contributed by atoms with Crippen molar-refractivity contribution in [2.75, 3.05) is 11.5 Å². The molecule has 0 radical (unpaired) electrons. The van der Waals surface area contributed by atoms with Gasteiger partial charge in [-0.05, 0) is 103 Å². The molecule has 0 unspecified atom stereocenters. The minimum atomic E-state index is -0.0774. The Labute approximate surface area is 230 Å². The lowest BCUT2D eigenvalue weighted by molar-refractivity contribution is 0.984. The summed E-state index contributed by atoms with van der Waals surface area (Å²) in [5.41, 5.74) is 13.2. The topological polar surface area (TPSA) is 52.0 Å². The van der Waals surface area contributed by atoms with Gasteiger partial charge in [-0.1, -0.05) is 47.8 Å². The molecule has 180 valence electrons. The molecule has 1 aliphatic carbocycles. The quantitative estimate of drug-likeness (QED) is 0.171. The van der Waals surface area contributed by atoms with Crippen molar-refractivity contribution < 1.29 is 0 Å². The van der Waals surface area contributed by atoms with Crippen molar-refractivity contribution >= 4 is 58.4 Å². The minimum Gasteiger partial charge on any atom is -0.399 e. The summed E-state index contributed by atoms with van der Waals surface area (Å²) in [6.45, 7) is 0. The van der Waals surface area contributed by atoms with E-state index in [1.807, 2.05) is 47.8 Å². The maximum atomic E-state index is 5.81. The van der Waals surface area contributed by atoms with Gasteiger partial charge in [0.1, 0.15) is 0 Å². The molecule has 0 bridgehead atoms. The number of rotatable bonds is 8. The van der Waals surface area contributed by atoms with Crippen LogP contribution in [0.4, 0.5) is 11.4 Å². The Bertz CT molecular complexity index is 1250. The second-order valence-electron chi connectivity index (χ2n) is 8.29. The fraction of sp³-hybridized carbons (Fsp3) is 0.0667. The zero-order chi connectivity index (χ0) is 24.8. The highest BCUT2D eigenvalue weighted by atomic mass is 32.2. The van der Waals surface area contributed by atoms with Crippen LogP contribution in [0.2, 0.25) is 0 Å². The molecule has 36 heavy (non-hydrogen) atoms. The molecule has 0 aromatic heterocycles. The highest BCUT2D eigenvalue weighted by Crippen LogP contribution is 2.50. The second-order valence-corrected chi connectivity index (χ2v) is 13.7. The van der Waals surface area contributed by atoms with Gasteiger partial charge < -0.3 is 11.5 Å². The Morgan fingerprint density at radius 1 is 0.472 bits per heavy atom. The molecule has 1 aliphatic rings. The number of hydrogen-bond acceptors (Lipinski definition) is 6. The maximum absolute atomic E-state index is 5.81. The normalized spacial score (nSPS) is 14.1. The predicted octanol–water partition coefficient (Wildman–Crippen LogP) is 9.25. The molecule has 0 fully saturated rings. The van der Waals surface area contributed by atoms with Crippen LogP contribution in [0.3, 0.4) is 0 Å². The molecular weight excluding hydrogens is 517 g/mol. The Morgan fingerprint density at radius 3 is 1.19 bits per heavy atom. The third-order valence-electron chi connectivity index (χ3n) is 5.46. The first-order chi connectivity index (χ1) is 17.6. The average molecular weight is 543 g/mol. The van der Waals surface area contributed by atoms with Crippen LogP contribution < -0.4 is 11.5 Å². The van der Waals surface area contributed by atoms with Crippen molar-refractivity contribution in [3.05, 3.63) is 121 Å². The van der Waals surface area contributed by atoms with Crippen LogP contribution in [-0.4, -0.2) is 4.08 Å². The smallest absolute Gasteiger partial charge is 0.0921 e. The number of anilines is 2. The van der Waals surface area contributed by atoms with E-state index < -0.39 is 0 Å². The van der Waals surface area contributed by atoms with Crippen LogP contribution in [-0.2, 0) is 0 Å². The Hall–Kier alpha value is -2.64. The van der Waals surface area contributed by atoms with E-state index in [-0.39, 0.29) is 4.08 Å². The van der Waals surface area contributed by atoms with Gasteiger partial charge in [-0.15, -0.1) is 23.5 Å². The standard InChI is InChI=1S/C30H26N2S4/c31-22-4-8-24(9-5-22)33-26-12-16-28(17-13-26)35-30(20-2-1-3-21-30)36-29-18-14-27(15-19-29)34-25-10-6-23(32)7-11-25/h1-20H,21,31-32H2. The van der Waals surface area contributed by atoms with Crippen LogP contribution in [0.1, 0.15) is 6.42 Å². The van der Waals surface area contributed by atoms with Gasteiger partial charge in [0.15, 0.2) is 0 Å². The zero-order valence-electron chi connectivity index (χ0n) is 19.5. The SMILES string of the molecule is Nc1ccc(Sc2ccc(SC3(Sc4ccc(Sc5ccc(N)cc5)cc4)C=CC=CC3)cc2)cc1. The summed E-state index contributed by atoms with van der Waals surface area (Å²) < 4.78 is -0.0774. The maximum Gasteiger partial charge on any atom is 0.0921 e. The molecule has 0 saturated heterocycles. The van der Waals surface area contributed by atoms with Gasteiger partial charge in [0, 0.05) is 40.7 Å². The predicted molar refractivity (Wildman–Crippen MR) is 160 cm³/mol. The van der Waals surface area contributed by atoms with Gasteiger partial charge in [-0.3, -0.25) is 0 Å². The molecule has 4 aromatic rings. The van der Waals surface area contributed by atoms with Crippen molar-refractivity contribution in [1.82, 2.24) is 0 Å².